The van der Waals surface area contributed by atoms with E-state index in [1.807, 2.05) is 12.1 Å². The van der Waals surface area contributed by atoms with E-state index in [1.54, 1.807) is 0 Å². The Bertz CT molecular complexity index is 880. The third-order valence-electron chi connectivity index (χ3n) is 4.80. The van der Waals surface area contributed by atoms with Gasteiger partial charge < -0.3 is 14.8 Å². The topological polar surface area (TPSA) is 90.7 Å². The standard InChI is InChI=1S/C19H18N2O5/c22-19(20-11-14-7-12-3-1-2-4-15(12)14)9-13-8-17-18(26-6-5-25-17)10-16(13)21(23)24/h1-4,8,10,14H,5-7,9,11H2,(H,20,22). The quantitative estimate of drug-likeness (QED) is 0.657. The molecule has 26 heavy (non-hydrogen) atoms. The molecule has 0 saturated heterocycles. The number of hydrogen-bond acceptors (Lipinski definition) is 5. The van der Waals surface area contributed by atoms with Crippen molar-refractivity contribution in [3.8, 4) is 11.5 Å². The van der Waals surface area contributed by atoms with E-state index in [2.05, 4.69) is 17.4 Å². The molecule has 7 nitrogen and oxygen atoms in total. The second kappa shape index (κ2) is 6.67. The van der Waals surface area contributed by atoms with Gasteiger partial charge in [-0.25, -0.2) is 0 Å². The van der Waals surface area contributed by atoms with Crippen LogP contribution in [0.5, 0.6) is 11.5 Å². The lowest BCUT2D eigenvalue weighted by Gasteiger charge is -2.30. The second-order valence-corrected chi connectivity index (χ2v) is 6.46. The summed E-state index contributed by atoms with van der Waals surface area (Å²) in [7, 11) is 0. The SMILES string of the molecule is O=C(Cc1cc2c(cc1[N+](=O)[O-])OCCO2)NCC1Cc2ccccc21. The van der Waals surface area contributed by atoms with E-state index < -0.39 is 4.92 Å². The number of nitrogens with zero attached hydrogens (tertiary/aromatic N) is 1. The zero-order valence-corrected chi connectivity index (χ0v) is 14.1. The summed E-state index contributed by atoms with van der Waals surface area (Å²) in [6.07, 6.45) is 0.877. The molecule has 2 aliphatic rings. The van der Waals surface area contributed by atoms with Crippen molar-refractivity contribution >= 4 is 11.6 Å². The van der Waals surface area contributed by atoms with E-state index in [0.717, 1.165) is 6.42 Å². The van der Waals surface area contributed by atoms with Crippen LogP contribution in [0, 0.1) is 10.1 Å². The number of nitro groups is 1. The molecule has 134 valence electrons. The van der Waals surface area contributed by atoms with Gasteiger partial charge in [0.1, 0.15) is 13.2 Å². The number of amides is 1. The number of carbonyl (C=O) groups is 1. The Morgan fingerprint density at radius 1 is 1.19 bits per heavy atom. The molecule has 0 fully saturated rings. The summed E-state index contributed by atoms with van der Waals surface area (Å²) in [4.78, 5) is 23.1. The van der Waals surface area contributed by atoms with E-state index in [4.69, 9.17) is 9.47 Å². The first-order valence-corrected chi connectivity index (χ1v) is 8.53. The summed E-state index contributed by atoms with van der Waals surface area (Å²) in [6.45, 7) is 1.28. The highest BCUT2D eigenvalue weighted by Crippen LogP contribution is 2.37. The zero-order chi connectivity index (χ0) is 18.1. The molecular weight excluding hydrogens is 336 g/mol. The molecule has 1 unspecified atom stereocenters. The smallest absolute Gasteiger partial charge is 0.277 e. The van der Waals surface area contributed by atoms with Gasteiger partial charge in [-0.15, -0.1) is 0 Å². The summed E-state index contributed by atoms with van der Waals surface area (Å²) >= 11 is 0. The molecule has 1 amide bonds. The van der Waals surface area contributed by atoms with Crippen molar-refractivity contribution in [1.29, 1.82) is 0 Å². The van der Waals surface area contributed by atoms with Gasteiger partial charge in [0.05, 0.1) is 17.4 Å². The average molecular weight is 354 g/mol. The molecule has 0 aromatic heterocycles. The minimum Gasteiger partial charge on any atom is -0.486 e. The molecule has 2 aromatic rings. The molecular formula is C19H18N2O5. The van der Waals surface area contributed by atoms with Crippen LogP contribution in [0.25, 0.3) is 0 Å². The predicted octanol–water partition coefficient (Wildman–Crippen LogP) is 2.36. The highest BCUT2D eigenvalue weighted by atomic mass is 16.6. The number of rotatable bonds is 5. The average Bonchev–Trinajstić information content (AvgIpc) is 2.61. The maximum atomic E-state index is 12.3. The van der Waals surface area contributed by atoms with Gasteiger partial charge >= 0.3 is 0 Å². The molecule has 1 aliphatic heterocycles. The number of nitrogens with one attached hydrogen (secondary N) is 1. The summed E-state index contributed by atoms with van der Waals surface area (Å²) in [5.74, 6) is 0.857. The predicted molar refractivity (Wildman–Crippen MR) is 93.7 cm³/mol. The van der Waals surface area contributed by atoms with Gasteiger partial charge in [-0.1, -0.05) is 24.3 Å². The van der Waals surface area contributed by atoms with Crippen LogP contribution < -0.4 is 14.8 Å². The van der Waals surface area contributed by atoms with Crippen LogP contribution in [0.2, 0.25) is 0 Å². The fourth-order valence-electron chi connectivity index (χ4n) is 3.45. The number of hydrogen-bond donors (Lipinski definition) is 1. The Labute approximate surface area is 150 Å². The molecule has 0 spiro atoms. The normalized spacial score (nSPS) is 17.0. The van der Waals surface area contributed by atoms with Crippen LogP contribution >= 0.6 is 0 Å². The lowest BCUT2D eigenvalue weighted by Crippen LogP contribution is -2.34. The Morgan fingerprint density at radius 3 is 2.65 bits per heavy atom. The van der Waals surface area contributed by atoms with Gasteiger partial charge in [-0.2, -0.15) is 0 Å². The summed E-state index contributed by atoms with van der Waals surface area (Å²) in [6, 6.07) is 11.0. The van der Waals surface area contributed by atoms with Crippen LogP contribution in [0.3, 0.4) is 0 Å². The molecule has 2 aromatic carbocycles. The second-order valence-electron chi connectivity index (χ2n) is 6.46. The third-order valence-corrected chi connectivity index (χ3v) is 4.80. The van der Waals surface area contributed by atoms with Gasteiger partial charge in [0, 0.05) is 18.0 Å². The number of fused-ring (bicyclic) bond motifs is 2. The fourth-order valence-corrected chi connectivity index (χ4v) is 3.45. The van der Waals surface area contributed by atoms with Crippen LogP contribution in [-0.4, -0.2) is 30.6 Å². The summed E-state index contributed by atoms with van der Waals surface area (Å²) < 4.78 is 10.8. The van der Waals surface area contributed by atoms with Gasteiger partial charge in [0.15, 0.2) is 11.5 Å². The fraction of sp³-hybridized carbons (Fsp3) is 0.316. The molecule has 0 radical (unpaired) electrons. The van der Waals surface area contributed by atoms with Crippen molar-refractivity contribution < 1.29 is 19.2 Å². The molecule has 0 saturated carbocycles. The van der Waals surface area contributed by atoms with Crippen molar-refractivity contribution in [3.63, 3.8) is 0 Å². The Balaban J connectivity index is 1.43. The maximum absolute atomic E-state index is 12.3. The lowest BCUT2D eigenvalue weighted by atomic mass is 9.77. The van der Waals surface area contributed by atoms with E-state index in [1.165, 1.54) is 23.3 Å². The first-order valence-electron chi connectivity index (χ1n) is 8.53. The maximum Gasteiger partial charge on any atom is 0.277 e. The van der Waals surface area contributed by atoms with E-state index in [-0.39, 0.29) is 18.0 Å². The first-order chi connectivity index (χ1) is 12.6. The van der Waals surface area contributed by atoms with Crippen LogP contribution in [0.15, 0.2) is 36.4 Å². The van der Waals surface area contributed by atoms with E-state index in [0.29, 0.717) is 42.7 Å². The van der Waals surface area contributed by atoms with E-state index in [9.17, 15) is 14.9 Å². The van der Waals surface area contributed by atoms with Crippen molar-refractivity contribution in [1.82, 2.24) is 5.32 Å². The monoisotopic (exact) mass is 354 g/mol. The highest BCUT2D eigenvalue weighted by molar-refractivity contribution is 5.80. The van der Waals surface area contributed by atoms with Crippen molar-refractivity contribution in [3.05, 3.63) is 63.2 Å². The lowest BCUT2D eigenvalue weighted by molar-refractivity contribution is -0.385. The Morgan fingerprint density at radius 2 is 1.92 bits per heavy atom. The third kappa shape index (κ3) is 3.08. The van der Waals surface area contributed by atoms with Gasteiger partial charge in [-0.05, 0) is 23.6 Å². The number of nitro benzene ring substituents is 1. The molecule has 1 N–H and O–H groups in total. The first kappa shape index (κ1) is 16.4. The van der Waals surface area contributed by atoms with Gasteiger partial charge in [-0.3, -0.25) is 14.9 Å². The largest absolute Gasteiger partial charge is 0.486 e. The van der Waals surface area contributed by atoms with Crippen LogP contribution in [0.1, 0.15) is 22.6 Å². The minimum atomic E-state index is -0.497. The molecule has 0 bridgehead atoms. The molecule has 7 heteroatoms. The Kier molecular flexibility index (Phi) is 4.20. The van der Waals surface area contributed by atoms with Crippen molar-refractivity contribution in [2.24, 2.45) is 0 Å². The number of benzene rings is 2. The molecule has 1 aliphatic carbocycles. The minimum absolute atomic E-state index is 0.0681. The summed E-state index contributed by atoms with van der Waals surface area (Å²) in [5, 5.41) is 14.2. The molecule has 4 rings (SSSR count). The molecule has 1 heterocycles. The number of carbonyl (C=O) groups excluding carboxylic acids is 1. The highest BCUT2D eigenvalue weighted by Gasteiger charge is 2.27. The number of ether oxygens (including phenoxy) is 2. The van der Waals surface area contributed by atoms with Crippen LogP contribution in [0.4, 0.5) is 5.69 Å². The zero-order valence-electron chi connectivity index (χ0n) is 14.1. The Hall–Kier alpha value is -3.09. The summed E-state index contributed by atoms with van der Waals surface area (Å²) in [5.41, 5.74) is 2.77. The molecule has 1 atom stereocenters. The van der Waals surface area contributed by atoms with Crippen LogP contribution in [-0.2, 0) is 17.6 Å². The van der Waals surface area contributed by atoms with E-state index >= 15 is 0 Å². The van der Waals surface area contributed by atoms with Crippen molar-refractivity contribution in [2.75, 3.05) is 19.8 Å². The van der Waals surface area contributed by atoms with Crippen molar-refractivity contribution in [2.45, 2.75) is 18.8 Å². The van der Waals surface area contributed by atoms with Gasteiger partial charge in [0.2, 0.25) is 5.91 Å². The van der Waals surface area contributed by atoms with Gasteiger partial charge in [0.25, 0.3) is 5.69 Å².